The molecule has 0 atom stereocenters. The molecule has 4 aromatic rings. The van der Waals surface area contributed by atoms with Crippen LogP contribution in [0.1, 0.15) is 101 Å². The van der Waals surface area contributed by atoms with Crippen molar-refractivity contribution in [3.05, 3.63) is 103 Å². The Bertz CT molecular complexity index is 1380. The number of benzene rings is 4. The first-order valence-electron chi connectivity index (χ1n) is 17.0. The van der Waals surface area contributed by atoms with Crippen molar-refractivity contribution < 1.29 is 9.53 Å². The number of rotatable bonds is 20. The molecule has 45 heavy (non-hydrogen) atoms. The van der Waals surface area contributed by atoms with Gasteiger partial charge in [-0.25, -0.2) is 4.79 Å². The Morgan fingerprint density at radius 2 is 0.822 bits per heavy atom. The number of unbranched alkanes of at least 4 members (excludes halogenated alkanes) is 10. The van der Waals surface area contributed by atoms with E-state index in [1.807, 2.05) is 72.1 Å². The van der Waals surface area contributed by atoms with Crippen LogP contribution in [-0.4, -0.2) is 17.5 Å². The van der Waals surface area contributed by atoms with Gasteiger partial charge >= 0.3 is 5.97 Å². The summed E-state index contributed by atoms with van der Waals surface area (Å²) < 4.78 is 5.68. The molecule has 4 aromatic carbocycles. The summed E-state index contributed by atoms with van der Waals surface area (Å²) in [6.45, 7) is 4.51. The maximum Gasteiger partial charge on any atom is 0.343 e. The Kier molecular flexibility index (Phi) is 15.7. The van der Waals surface area contributed by atoms with Gasteiger partial charge in [0, 0.05) is 9.79 Å². The SMILES string of the molecule is CCCCCCCCCCCSc1ccc(-c2ccc(OC(=O)c3ccc(-c4ccc(SCCCCC)cc4)cc3)cc2)cc1. The minimum absolute atomic E-state index is 0.346. The Hall–Kier alpha value is -2.95. The molecule has 238 valence electrons. The predicted molar refractivity (Wildman–Crippen MR) is 197 cm³/mol. The fraction of sp³-hybridized carbons (Fsp3) is 0.390. The minimum atomic E-state index is -0.346. The van der Waals surface area contributed by atoms with Gasteiger partial charge in [-0.15, -0.1) is 23.5 Å². The smallest absolute Gasteiger partial charge is 0.343 e. The molecule has 0 amide bonds. The number of thioether (sulfide) groups is 2. The van der Waals surface area contributed by atoms with Crippen LogP contribution < -0.4 is 4.74 Å². The van der Waals surface area contributed by atoms with Crippen molar-refractivity contribution in [2.45, 2.75) is 101 Å². The fourth-order valence-electron chi connectivity index (χ4n) is 5.31. The lowest BCUT2D eigenvalue weighted by atomic mass is 10.0. The first kappa shape index (κ1) is 34.9. The summed E-state index contributed by atoms with van der Waals surface area (Å²) in [7, 11) is 0. The normalized spacial score (nSPS) is 11.1. The zero-order valence-corrected chi connectivity index (χ0v) is 28.9. The number of carbonyl (C=O) groups is 1. The van der Waals surface area contributed by atoms with Gasteiger partial charge in [-0.05, 0) is 95.1 Å². The number of carbonyl (C=O) groups excluding carboxylic acids is 1. The molecule has 0 saturated carbocycles. The summed E-state index contributed by atoms with van der Waals surface area (Å²) in [5.41, 5.74) is 5.06. The predicted octanol–water partition coefficient (Wildman–Crippen LogP) is 13.1. The van der Waals surface area contributed by atoms with Gasteiger partial charge in [0.15, 0.2) is 0 Å². The van der Waals surface area contributed by atoms with E-state index in [9.17, 15) is 4.79 Å². The van der Waals surface area contributed by atoms with Crippen LogP contribution in [0.5, 0.6) is 5.75 Å². The largest absolute Gasteiger partial charge is 0.423 e. The van der Waals surface area contributed by atoms with E-state index < -0.39 is 0 Å². The second-order valence-electron chi connectivity index (χ2n) is 11.8. The van der Waals surface area contributed by atoms with E-state index in [1.165, 1.54) is 104 Å². The average molecular weight is 639 g/mol. The Morgan fingerprint density at radius 1 is 0.467 bits per heavy atom. The number of esters is 1. The summed E-state index contributed by atoms with van der Waals surface area (Å²) in [5.74, 6) is 2.55. The highest BCUT2D eigenvalue weighted by molar-refractivity contribution is 7.99. The third kappa shape index (κ3) is 12.4. The molecule has 4 rings (SSSR count). The maximum atomic E-state index is 12.8. The van der Waals surface area contributed by atoms with Crippen LogP contribution >= 0.6 is 23.5 Å². The third-order valence-corrected chi connectivity index (χ3v) is 10.3. The van der Waals surface area contributed by atoms with Gasteiger partial charge in [0.2, 0.25) is 0 Å². The zero-order valence-electron chi connectivity index (χ0n) is 27.3. The van der Waals surface area contributed by atoms with Gasteiger partial charge in [0.1, 0.15) is 5.75 Å². The molecule has 2 nitrogen and oxygen atoms in total. The van der Waals surface area contributed by atoms with E-state index in [4.69, 9.17) is 4.74 Å². The topological polar surface area (TPSA) is 26.3 Å². The Morgan fingerprint density at radius 3 is 1.29 bits per heavy atom. The molecule has 0 aliphatic rings. The molecule has 0 N–H and O–H groups in total. The van der Waals surface area contributed by atoms with Gasteiger partial charge in [0.05, 0.1) is 5.56 Å². The fourth-order valence-corrected chi connectivity index (χ4v) is 7.14. The van der Waals surface area contributed by atoms with Crippen LogP contribution in [0.3, 0.4) is 0 Å². The molecule has 0 aliphatic heterocycles. The van der Waals surface area contributed by atoms with Crippen molar-refractivity contribution in [2.24, 2.45) is 0 Å². The summed E-state index contributed by atoms with van der Waals surface area (Å²) >= 11 is 3.87. The molecule has 0 saturated heterocycles. The zero-order chi connectivity index (χ0) is 31.5. The van der Waals surface area contributed by atoms with E-state index in [-0.39, 0.29) is 5.97 Å². The summed E-state index contributed by atoms with van der Waals surface area (Å²) in [4.78, 5) is 15.5. The first-order valence-corrected chi connectivity index (χ1v) is 19.0. The second kappa shape index (κ2) is 20.2. The molecular formula is C41H50O2S2. The van der Waals surface area contributed by atoms with Gasteiger partial charge < -0.3 is 4.74 Å². The minimum Gasteiger partial charge on any atom is -0.423 e. The van der Waals surface area contributed by atoms with Crippen molar-refractivity contribution >= 4 is 29.5 Å². The highest BCUT2D eigenvalue weighted by Crippen LogP contribution is 2.28. The van der Waals surface area contributed by atoms with Crippen LogP contribution in [0, 0.1) is 0 Å². The van der Waals surface area contributed by atoms with E-state index >= 15 is 0 Å². The van der Waals surface area contributed by atoms with Gasteiger partial charge in [0.25, 0.3) is 0 Å². The summed E-state index contributed by atoms with van der Waals surface area (Å²) in [6, 6.07) is 32.9. The number of hydrogen-bond donors (Lipinski definition) is 0. The van der Waals surface area contributed by atoms with Crippen molar-refractivity contribution in [1.29, 1.82) is 0 Å². The highest BCUT2D eigenvalue weighted by atomic mass is 32.2. The van der Waals surface area contributed by atoms with Gasteiger partial charge in [-0.3, -0.25) is 0 Å². The molecular weight excluding hydrogens is 589 g/mol. The van der Waals surface area contributed by atoms with E-state index in [0.29, 0.717) is 11.3 Å². The highest BCUT2D eigenvalue weighted by Gasteiger charge is 2.10. The molecule has 4 heteroatoms. The average Bonchev–Trinajstić information content (AvgIpc) is 3.08. The van der Waals surface area contributed by atoms with Crippen molar-refractivity contribution in [2.75, 3.05) is 11.5 Å². The van der Waals surface area contributed by atoms with Crippen molar-refractivity contribution in [1.82, 2.24) is 0 Å². The maximum absolute atomic E-state index is 12.8. The monoisotopic (exact) mass is 638 g/mol. The van der Waals surface area contributed by atoms with E-state index in [1.54, 1.807) is 0 Å². The molecule has 0 spiro atoms. The number of ether oxygens (including phenoxy) is 1. The summed E-state index contributed by atoms with van der Waals surface area (Å²) in [5, 5.41) is 0. The lowest BCUT2D eigenvalue weighted by Gasteiger charge is -2.08. The van der Waals surface area contributed by atoms with Crippen LogP contribution in [0.15, 0.2) is 107 Å². The van der Waals surface area contributed by atoms with Crippen molar-refractivity contribution in [3.63, 3.8) is 0 Å². The first-order chi connectivity index (χ1) is 22.2. The van der Waals surface area contributed by atoms with Gasteiger partial charge in [-0.2, -0.15) is 0 Å². The van der Waals surface area contributed by atoms with Crippen LogP contribution in [0.25, 0.3) is 22.3 Å². The third-order valence-electron chi connectivity index (χ3n) is 8.09. The van der Waals surface area contributed by atoms with Crippen LogP contribution in [-0.2, 0) is 0 Å². The standard InChI is InChI=1S/C41H50O2S2/c1-3-5-7-8-9-10-11-12-14-32-45-40-29-23-36(24-30-40)34-19-25-38(26-20-34)43-41(42)37-17-15-33(16-18-37)35-21-27-39(28-22-35)44-31-13-6-4-2/h15-30H,3-14,31-32H2,1-2H3. The van der Waals surface area contributed by atoms with E-state index in [0.717, 1.165) is 16.7 Å². The lowest BCUT2D eigenvalue weighted by Crippen LogP contribution is -2.08. The van der Waals surface area contributed by atoms with Crippen LogP contribution in [0.4, 0.5) is 0 Å². The quantitative estimate of drug-likeness (QED) is 0.0416. The van der Waals surface area contributed by atoms with Gasteiger partial charge in [-0.1, -0.05) is 127 Å². The molecule has 0 aromatic heterocycles. The molecule has 0 aliphatic carbocycles. The van der Waals surface area contributed by atoms with Crippen molar-refractivity contribution in [3.8, 4) is 28.0 Å². The molecule has 0 unspecified atom stereocenters. The van der Waals surface area contributed by atoms with E-state index in [2.05, 4.69) is 62.4 Å². The number of hydrogen-bond acceptors (Lipinski definition) is 4. The molecule has 0 heterocycles. The molecule has 0 fully saturated rings. The summed E-state index contributed by atoms with van der Waals surface area (Å²) in [6.07, 6.45) is 16.1. The second-order valence-corrected chi connectivity index (χ2v) is 14.1. The molecule has 0 radical (unpaired) electrons. The van der Waals surface area contributed by atoms with Crippen LogP contribution in [0.2, 0.25) is 0 Å². The molecule has 0 bridgehead atoms. The lowest BCUT2D eigenvalue weighted by molar-refractivity contribution is 0.0735. The Balaban J connectivity index is 1.18. The Labute approximate surface area is 280 Å².